The summed E-state index contributed by atoms with van der Waals surface area (Å²) in [6.45, 7) is 3.99. The molecule has 0 aromatic heterocycles. The molecule has 0 heterocycles. The number of hydrogen-bond acceptors (Lipinski definition) is 2. The number of Topliss-reactive ketones (excluding diaryl/α,β-unsaturated/α-hetero) is 1. The predicted molar refractivity (Wildman–Crippen MR) is 68.8 cm³/mol. The van der Waals surface area contributed by atoms with Gasteiger partial charge < -0.3 is 0 Å². The Labute approximate surface area is 111 Å². The molecule has 2 nitrogen and oxygen atoms in total. The Balaban J connectivity index is 2.93. The van der Waals surface area contributed by atoms with Gasteiger partial charge in [-0.2, -0.15) is 5.26 Å². The third-order valence-corrected chi connectivity index (χ3v) is 3.00. The molecule has 0 aliphatic rings. The molecule has 1 aromatic carbocycles. The quantitative estimate of drug-likeness (QED) is 0.806. The Hall–Kier alpha value is -1.40. The van der Waals surface area contributed by atoms with E-state index in [-0.39, 0.29) is 22.8 Å². The van der Waals surface area contributed by atoms with Gasteiger partial charge in [-0.15, -0.1) is 0 Å². The van der Waals surface area contributed by atoms with E-state index in [4.69, 9.17) is 16.9 Å². The third kappa shape index (κ3) is 3.54. The summed E-state index contributed by atoms with van der Waals surface area (Å²) >= 11 is 5.65. The maximum absolute atomic E-state index is 13.8. The van der Waals surface area contributed by atoms with Crippen LogP contribution >= 0.6 is 11.6 Å². The van der Waals surface area contributed by atoms with Crippen LogP contribution in [-0.4, -0.2) is 5.78 Å². The summed E-state index contributed by atoms with van der Waals surface area (Å²) in [6.07, 6.45) is 0.973. The molecule has 1 atom stereocenters. The van der Waals surface area contributed by atoms with Crippen molar-refractivity contribution in [2.45, 2.75) is 32.6 Å². The molecule has 1 rings (SSSR count). The average molecular weight is 268 g/mol. The van der Waals surface area contributed by atoms with E-state index in [9.17, 15) is 9.18 Å². The Morgan fingerprint density at radius 1 is 1.50 bits per heavy atom. The third-order valence-electron chi connectivity index (χ3n) is 2.71. The number of halogens is 2. The Kier molecular flexibility index (Phi) is 5.30. The van der Waals surface area contributed by atoms with Crippen molar-refractivity contribution in [1.29, 1.82) is 5.26 Å². The van der Waals surface area contributed by atoms with Gasteiger partial charge in [0.2, 0.25) is 0 Å². The molecule has 1 unspecified atom stereocenters. The molecule has 0 bridgehead atoms. The number of carbonyl (C=O) groups is 1. The molecule has 0 amide bonds. The van der Waals surface area contributed by atoms with Crippen molar-refractivity contribution in [3.63, 3.8) is 0 Å². The van der Waals surface area contributed by atoms with Gasteiger partial charge in [-0.05, 0) is 18.4 Å². The normalized spacial score (nSPS) is 12.2. The lowest BCUT2D eigenvalue weighted by molar-refractivity contribution is -0.119. The van der Waals surface area contributed by atoms with Crippen molar-refractivity contribution in [1.82, 2.24) is 0 Å². The summed E-state index contributed by atoms with van der Waals surface area (Å²) in [5, 5.41) is 8.98. The Bertz CT molecular complexity index is 479. The second kappa shape index (κ2) is 6.51. The number of benzene rings is 1. The van der Waals surface area contributed by atoms with E-state index in [1.807, 2.05) is 19.9 Å². The number of ketones is 1. The zero-order valence-electron chi connectivity index (χ0n) is 10.4. The van der Waals surface area contributed by atoms with E-state index in [0.717, 1.165) is 0 Å². The lowest BCUT2D eigenvalue weighted by Gasteiger charge is -2.11. The zero-order chi connectivity index (χ0) is 13.7. The van der Waals surface area contributed by atoms with Crippen LogP contribution in [-0.2, 0) is 4.79 Å². The van der Waals surface area contributed by atoms with Crippen LogP contribution < -0.4 is 0 Å². The Morgan fingerprint density at radius 3 is 2.72 bits per heavy atom. The van der Waals surface area contributed by atoms with Gasteiger partial charge in [0, 0.05) is 12.0 Å². The van der Waals surface area contributed by atoms with E-state index < -0.39 is 11.7 Å². The van der Waals surface area contributed by atoms with E-state index in [1.165, 1.54) is 12.1 Å². The van der Waals surface area contributed by atoms with Gasteiger partial charge in [0.15, 0.2) is 5.78 Å². The second-order valence-electron chi connectivity index (χ2n) is 4.60. The van der Waals surface area contributed by atoms with E-state index in [1.54, 1.807) is 6.07 Å². The lowest BCUT2D eigenvalue weighted by Crippen LogP contribution is -2.13. The molecule has 18 heavy (non-hydrogen) atoms. The maximum atomic E-state index is 13.8. The standard InChI is InChI=1S/C14H15ClFNO/c1-9(2)6-7-13(18)11(8-17)10-4-3-5-12(15)14(10)16/h3-5,9,11H,6-7H2,1-2H3. The summed E-state index contributed by atoms with van der Waals surface area (Å²) in [5.41, 5.74) is 0.0683. The van der Waals surface area contributed by atoms with Crippen molar-refractivity contribution in [3.05, 3.63) is 34.6 Å². The van der Waals surface area contributed by atoms with Crippen molar-refractivity contribution in [2.75, 3.05) is 0 Å². The molecular weight excluding hydrogens is 253 g/mol. The first-order valence-corrected chi connectivity index (χ1v) is 6.21. The van der Waals surface area contributed by atoms with Crippen LogP contribution in [0.15, 0.2) is 18.2 Å². The molecule has 0 spiro atoms. The molecule has 0 fully saturated rings. The fourth-order valence-electron chi connectivity index (χ4n) is 1.63. The van der Waals surface area contributed by atoms with Crippen molar-refractivity contribution in [2.24, 2.45) is 5.92 Å². The molecule has 0 aliphatic carbocycles. The lowest BCUT2D eigenvalue weighted by atomic mass is 9.91. The fraction of sp³-hybridized carbons (Fsp3) is 0.429. The largest absolute Gasteiger partial charge is 0.298 e. The first-order chi connectivity index (χ1) is 8.47. The molecule has 1 aromatic rings. The first-order valence-electron chi connectivity index (χ1n) is 5.83. The molecule has 0 N–H and O–H groups in total. The number of hydrogen-bond donors (Lipinski definition) is 0. The molecular formula is C14H15ClFNO. The van der Waals surface area contributed by atoms with Crippen LogP contribution in [0.2, 0.25) is 5.02 Å². The summed E-state index contributed by atoms with van der Waals surface area (Å²) in [6, 6.07) is 6.23. The van der Waals surface area contributed by atoms with E-state index >= 15 is 0 Å². The number of rotatable bonds is 5. The summed E-state index contributed by atoms with van der Waals surface area (Å²) < 4.78 is 13.8. The van der Waals surface area contributed by atoms with Gasteiger partial charge in [0.25, 0.3) is 0 Å². The first kappa shape index (κ1) is 14.7. The molecule has 0 aliphatic heterocycles. The molecule has 0 saturated carbocycles. The minimum Gasteiger partial charge on any atom is -0.298 e. The number of nitrogens with zero attached hydrogens (tertiary/aromatic N) is 1. The van der Waals surface area contributed by atoms with Crippen LogP contribution in [0, 0.1) is 23.1 Å². The highest BCUT2D eigenvalue weighted by atomic mass is 35.5. The highest BCUT2D eigenvalue weighted by molar-refractivity contribution is 6.30. The van der Waals surface area contributed by atoms with Gasteiger partial charge in [-0.1, -0.05) is 37.6 Å². The van der Waals surface area contributed by atoms with Crippen LogP contribution in [0.4, 0.5) is 4.39 Å². The van der Waals surface area contributed by atoms with Crippen molar-refractivity contribution >= 4 is 17.4 Å². The van der Waals surface area contributed by atoms with Crippen molar-refractivity contribution < 1.29 is 9.18 Å². The monoisotopic (exact) mass is 267 g/mol. The molecule has 0 saturated heterocycles. The SMILES string of the molecule is CC(C)CCC(=O)C(C#N)c1cccc(Cl)c1F. The maximum Gasteiger partial charge on any atom is 0.154 e. The van der Waals surface area contributed by atoms with Crippen molar-refractivity contribution in [3.8, 4) is 6.07 Å². The topological polar surface area (TPSA) is 40.9 Å². The molecule has 96 valence electrons. The van der Waals surface area contributed by atoms with Crippen LogP contribution in [0.1, 0.15) is 38.2 Å². The zero-order valence-corrected chi connectivity index (χ0v) is 11.2. The van der Waals surface area contributed by atoms with Crippen LogP contribution in [0.3, 0.4) is 0 Å². The number of nitriles is 1. The van der Waals surface area contributed by atoms with Gasteiger partial charge in [-0.3, -0.25) is 4.79 Å². The summed E-state index contributed by atoms with van der Waals surface area (Å²) in [4.78, 5) is 11.9. The highest BCUT2D eigenvalue weighted by Crippen LogP contribution is 2.26. The summed E-state index contributed by atoms with van der Waals surface area (Å²) in [7, 11) is 0. The van der Waals surface area contributed by atoms with Crippen LogP contribution in [0.25, 0.3) is 0 Å². The average Bonchev–Trinajstić information content (AvgIpc) is 2.32. The van der Waals surface area contributed by atoms with E-state index in [0.29, 0.717) is 12.3 Å². The molecule has 4 heteroatoms. The minimum absolute atomic E-state index is 0.0654. The van der Waals surface area contributed by atoms with Gasteiger partial charge >= 0.3 is 0 Å². The van der Waals surface area contributed by atoms with Gasteiger partial charge in [0.1, 0.15) is 11.7 Å². The van der Waals surface area contributed by atoms with Gasteiger partial charge in [-0.25, -0.2) is 4.39 Å². The number of carbonyl (C=O) groups excluding carboxylic acids is 1. The smallest absolute Gasteiger partial charge is 0.154 e. The fourth-order valence-corrected chi connectivity index (χ4v) is 1.82. The second-order valence-corrected chi connectivity index (χ2v) is 5.01. The van der Waals surface area contributed by atoms with Gasteiger partial charge in [0.05, 0.1) is 11.1 Å². The summed E-state index contributed by atoms with van der Waals surface area (Å²) in [5.74, 6) is -1.63. The minimum atomic E-state index is -1.07. The highest BCUT2D eigenvalue weighted by Gasteiger charge is 2.24. The van der Waals surface area contributed by atoms with Crippen LogP contribution in [0.5, 0.6) is 0 Å². The Morgan fingerprint density at radius 2 is 2.17 bits per heavy atom. The predicted octanol–water partition coefficient (Wildman–Crippen LogP) is 4.09. The van der Waals surface area contributed by atoms with E-state index in [2.05, 4.69) is 0 Å². The molecule has 0 radical (unpaired) electrons.